The molecule has 110 valence electrons. The number of benzene rings is 1. The summed E-state index contributed by atoms with van der Waals surface area (Å²) >= 11 is 18.1. The monoisotopic (exact) mass is 336 g/mol. The van der Waals surface area contributed by atoms with Crippen molar-refractivity contribution in [2.24, 2.45) is 5.73 Å². The van der Waals surface area contributed by atoms with E-state index in [4.69, 9.17) is 40.5 Å². The minimum absolute atomic E-state index is 0.0173. The maximum atomic E-state index is 11.5. The Bertz CT molecular complexity index is 529. The van der Waals surface area contributed by atoms with Crippen LogP contribution < -0.4 is 5.73 Å². The third-order valence-corrected chi connectivity index (χ3v) is 4.89. The maximum Gasteiger partial charge on any atom is 0.236 e. The summed E-state index contributed by atoms with van der Waals surface area (Å²) in [4.78, 5) is 13.3. The van der Waals surface area contributed by atoms with Crippen LogP contribution in [0.15, 0.2) is 6.07 Å². The largest absolute Gasteiger partial charge is 0.508 e. The number of piperidine rings is 1. The second-order valence-electron chi connectivity index (χ2n) is 4.78. The van der Waals surface area contributed by atoms with Crippen LogP contribution in [0.2, 0.25) is 15.1 Å². The fourth-order valence-electron chi connectivity index (χ4n) is 2.53. The summed E-state index contributed by atoms with van der Waals surface area (Å²) in [6.07, 6.45) is 1.41. The van der Waals surface area contributed by atoms with Crippen molar-refractivity contribution in [1.29, 1.82) is 0 Å². The third-order valence-electron chi connectivity index (χ3n) is 3.61. The molecular formula is C13H15Cl3N2O2. The van der Waals surface area contributed by atoms with Crippen LogP contribution in [-0.4, -0.2) is 35.5 Å². The quantitative estimate of drug-likeness (QED) is 0.815. The van der Waals surface area contributed by atoms with Crippen LogP contribution in [0.1, 0.15) is 24.3 Å². The number of hydrogen-bond donors (Lipinski definition) is 2. The van der Waals surface area contributed by atoms with Gasteiger partial charge >= 0.3 is 0 Å². The summed E-state index contributed by atoms with van der Waals surface area (Å²) < 4.78 is 0. The molecular weight excluding hydrogens is 323 g/mol. The maximum absolute atomic E-state index is 11.5. The average Bonchev–Trinajstić information content (AvgIpc) is 2.45. The number of phenols is 1. The fraction of sp³-hybridized carbons (Fsp3) is 0.462. The van der Waals surface area contributed by atoms with Gasteiger partial charge in [-0.05, 0) is 18.8 Å². The first-order valence-corrected chi connectivity index (χ1v) is 7.43. The number of phenolic OH excluding ortho intramolecular Hbond substituents is 1. The van der Waals surface area contributed by atoms with Gasteiger partial charge in [0.05, 0.1) is 21.6 Å². The van der Waals surface area contributed by atoms with Gasteiger partial charge < -0.3 is 15.7 Å². The molecule has 1 aliphatic heterocycles. The highest BCUT2D eigenvalue weighted by Crippen LogP contribution is 2.44. The second-order valence-corrected chi connectivity index (χ2v) is 5.94. The van der Waals surface area contributed by atoms with Crippen LogP contribution in [-0.2, 0) is 4.79 Å². The lowest BCUT2D eigenvalue weighted by Crippen LogP contribution is -2.41. The predicted octanol–water partition coefficient (Wildman–Crippen LogP) is 3.02. The second kappa shape index (κ2) is 6.39. The Morgan fingerprint density at radius 2 is 1.90 bits per heavy atom. The van der Waals surface area contributed by atoms with Crippen molar-refractivity contribution in [2.75, 3.05) is 19.6 Å². The van der Waals surface area contributed by atoms with E-state index >= 15 is 0 Å². The molecule has 7 heteroatoms. The fourth-order valence-corrected chi connectivity index (χ4v) is 3.29. The van der Waals surface area contributed by atoms with Crippen molar-refractivity contribution in [3.05, 3.63) is 26.7 Å². The van der Waals surface area contributed by atoms with Gasteiger partial charge in [0, 0.05) is 24.7 Å². The lowest BCUT2D eigenvalue weighted by molar-refractivity contribution is -0.130. The van der Waals surface area contributed by atoms with Gasteiger partial charge in [0.2, 0.25) is 5.91 Å². The topological polar surface area (TPSA) is 66.6 Å². The van der Waals surface area contributed by atoms with Gasteiger partial charge in [0.25, 0.3) is 0 Å². The van der Waals surface area contributed by atoms with E-state index in [0.29, 0.717) is 36.5 Å². The number of likely N-dealkylation sites (tertiary alicyclic amines) is 1. The molecule has 0 spiro atoms. The molecule has 1 saturated heterocycles. The molecule has 0 atom stereocenters. The standard InChI is InChI=1S/C13H15Cl3N2O2/c14-8-5-9(19)11(13(16)12(8)15)7-1-3-18(4-2-7)10(20)6-17/h5,7,19H,1-4,6,17H2. The van der Waals surface area contributed by atoms with Crippen molar-refractivity contribution in [1.82, 2.24) is 4.90 Å². The van der Waals surface area contributed by atoms with Crippen molar-refractivity contribution in [3.63, 3.8) is 0 Å². The number of carbonyl (C=O) groups excluding carboxylic acids is 1. The first-order valence-electron chi connectivity index (χ1n) is 6.30. The van der Waals surface area contributed by atoms with E-state index in [1.807, 2.05) is 0 Å². The van der Waals surface area contributed by atoms with Gasteiger partial charge in [-0.15, -0.1) is 0 Å². The van der Waals surface area contributed by atoms with Crippen LogP contribution >= 0.6 is 34.8 Å². The number of rotatable bonds is 2. The SMILES string of the molecule is NCC(=O)N1CCC(c2c(O)cc(Cl)c(Cl)c2Cl)CC1. The normalized spacial score (nSPS) is 16.5. The minimum Gasteiger partial charge on any atom is -0.508 e. The number of amides is 1. The Kier molecular flexibility index (Phi) is 5.02. The van der Waals surface area contributed by atoms with E-state index in [0.717, 1.165) is 0 Å². The van der Waals surface area contributed by atoms with E-state index in [1.54, 1.807) is 4.90 Å². The molecule has 2 rings (SSSR count). The first-order chi connectivity index (χ1) is 9.45. The lowest BCUT2D eigenvalue weighted by atomic mass is 9.88. The highest BCUT2D eigenvalue weighted by molar-refractivity contribution is 6.48. The molecule has 1 aromatic carbocycles. The summed E-state index contributed by atoms with van der Waals surface area (Å²) in [5.74, 6) is 0.0417. The molecule has 0 aliphatic carbocycles. The van der Waals surface area contributed by atoms with Crippen molar-refractivity contribution in [3.8, 4) is 5.75 Å². The molecule has 1 aromatic rings. The van der Waals surface area contributed by atoms with Crippen LogP contribution in [0.25, 0.3) is 0 Å². The predicted molar refractivity (Wildman–Crippen MR) is 80.7 cm³/mol. The number of nitrogens with zero attached hydrogens (tertiary/aromatic N) is 1. The van der Waals surface area contributed by atoms with E-state index in [1.165, 1.54) is 6.07 Å². The number of hydrogen-bond acceptors (Lipinski definition) is 3. The van der Waals surface area contributed by atoms with E-state index in [2.05, 4.69) is 0 Å². The van der Waals surface area contributed by atoms with Crippen LogP contribution in [0.5, 0.6) is 5.75 Å². The van der Waals surface area contributed by atoms with E-state index in [-0.39, 0.29) is 34.2 Å². The molecule has 1 fully saturated rings. The van der Waals surface area contributed by atoms with Crippen LogP contribution in [0.4, 0.5) is 0 Å². The third kappa shape index (κ3) is 2.98. The van der Waals surface area contributed by atoms with Crippen molar-refractivity contribution in [2.45, 2.75) is 18.8 Å². The minimum atomic E-state index is -0.0621. The van der Waals surface area contributed by atoms with Crippen LogP contribution in [0, 0.1) is 0 Å². The summed E-state index contributed by atoms with van der Waals surface area (Å²) in [5, 5.41) is 10.8. The molecule has 0 unspecified atom stereocenters. The summed E-state index contributed by atoms with van der Waals surface area (Å²) in [5.41, 5.74) is 5.96. The molecule has 20 heavy (non-hydrogen) atoms. The highest BCUT2D eigenvalue weighted by Gasteiger charge is 2.28. The number of halogens is 3. The van der Waals surface area contributed by atoms with Gasteiger partial charge in [0.1, 0.15) is 5.75 Å². The first kappa shape index (κ1) is 15.7. The van der Waals surface area contributed by atoms with Crippen molar-refractivity contribution >= 4 is 40.7 Å². The van der Waals surface area contributed by atoms with E-state index in [9.17, 15) is 9.90 Å². The number of aromatic hydroxyl groups is 1. The Hall–Kier alpha value is -0.680. The van der Waals surface area contributed by atoms with Gasteiger partial charge in [0.15, 0.2) is 0 Å². The molecule has 1 amide bonds. The van der Waals surface area contributed by atoms with Gasteiger partial charge in [-0.3, -0.25) is 4.79 Å². The molecule has 1 aliphatic rings. The van der Waals surface area contributed by atoms with Gasteiger partial charge in [-0.1, -0.05) is 34.8 Å². The van der Waals surface area contributed by atoms with E-state index < -0.39 is 0 Å². The Morgan fingerprint density at radius 3 is 2.45 bits per heavy atom. The summed E-state index contributed by atoms with van der Waals surface area (Å²) in [6.45, 7) is 1.21. The Balaban J connectivity index is 2.19. The molecule has 0 saturated carbocycles. The smallest absolute Gasteiger partial charge is 0.236 e. The molecule has 0 aromatic heterocycles. The van der Waals surface area contributed by atoms with Gasteiger partial charge in [-0.2, -0.15) is 0 Å². The lowest BCUT2D eigenvalue weighted by Gasteiger charge is -2.32. The zero-order chi connectivity index (χ0) is 14.9. The Labute approximate surface area is 132 Å². The zero-order valence-corrected chi connectivity index (χ0v) is 13.0. The molecule has 3 N–H and O–H groups in total. The molecule has 4 nitrogen and oxygen atoms in total. The highest BCUT2D eigenvalue weighted by atomic mass is 35.5. The van der Waals surface area contributed by atoms with Crippen molar-refractivity contribution < 1.29 is 9.90 Å². The molecule has 1 heterocycles. The number of nitrogens with two attached hydrogens (primary N) is 1. The molecule has 0 bridgehead atoms. The van der Waals surface area contributed by atoms with Crippen LogP contribution in [0.3, 0.4) is 0 Å². The Morgan fingerprint density at radius 1 is 1.30 bits per heavy atom. The average molecular weight is 338 g/mol. The summed E-state index contributed by atoms with van der Waals surface area (Å²) in [7, 11) is 0. The number of carbonyl (C=O) groups is 1. The zero-order valence-electron chi connectivity index (χ0n) is 10.7. The molecule has 0 radical (unpaired) electrons. The van der Waals surface area contributed by atoms with Gasteiger partial charge in [-0.25, -0.2) is 0 Å². The summed E-state index contributed by atoms with van der Waals surface area (Å²) in [6, 6.07) is 1.41.